The highest BCUT2D eigenvalue weighted by atomic mass is 16.4. The van der Waals surface area contributed by atoms with E-state index in [0.29, 0.717) is 22.3 Å². The van der Waals surface area contributed by atoms with Crippen molar-refractivity contribution in [2.45, 2.75) is 45.4 Å². The van der Waals surface area contributed by atoms with Gasteiger partial charge in [0.2, 0.25) is 0 Å². The van der Waals surface area contributed by atoms with Gasteiger partial charge in [-0.15, -0.1) is 0 Å². The van der Waals surface area contributed by atoms with Crippen molar-refractivity contribution < 1.29 is 8.83 Å². The average molecular weight is 844 g/mol. The smallest absolute Gasteiger partial charge is 0.345 e. The monoisotopic (exact) mass is 843 g/mol. The van der Waals surface area contributed by atoms with E-state index in [9.17, 15) is 9.59 Å². The van der Waals surface area contributed by atoms with Gasteiger partial charge >= 0.3 is 11.3 Å². The summed E-state index contributed by atoms with van der Waals surface area (Å²) in [5, 5.41) is 8.23. The lowest BCUT2D eigenvalue weighted by atomic mass is 9.81. The Labute approximate surface area is 375 Å². The molecular weight excluding hydrogens is 799 g/mol. The van der Waals surface area contributed by atoms with Crippen molar-refractivity contribution in [2.24, 2.45) is 7.05 Å². The molecule has 0 N–H and O–H groups in total. The molecule has 12 rings (SSSR count). The Morgan fingerprint density at radius 1 is 0.446 bits per heavy atom. The van der Waals surface area contributed by atoms with E-state index in [-0.39, 0.29) is 22.1 Å². The summed E-state index contributed by atoms with van der Waals surface area (Å²) in [5.74, 6) is 0. The lowest BCUT2D eigenvalue weighted by Crippen LogP contribution is -2.15. The molecule has 5 heteroatoms. The van der Waals surface area contributed by atoms with Gasteiger partial charge in [-0.3, -0.25) is 0 Å². The number of hydrogen-bond acceptors (Lipinski definition) is 4. The van der Waals surface area contributed by atoms with Crippen LogP contribution >= 0.6 is 0 Å². The van der Waals surface area contributed by atoms with E-state index in [1.54, 1.807) is 0 Å². The van der Waals surface area contributed by atoms with Gasteiger partial charge in [0.15, 0.2) is 0 Å². The van der Waals surface area contributed by atoms with Crippen LogP contribution in [0.4, 0.5) is 0 Å². The first kappa shape index (κ1) is 38.9. The summed E-state index contributed by atoms with van der Waals surface area (Å²) in [6, 6.07) is 56.8. The van der Waals surface area contributed by atoms with Crippen LogP contribution in [0.2, 0.25) is 0 Å². The molecule has 0 saturated heterocycles. The van der Waals surface area contributed by atoms with Crippen molar-refractivity contribution in [3.63, 3.8) is 0 Å². The minimum absolute atomic E-state index is 0.0333. The summed E-state index contributed by atoms with van der Waals surface area (Å²) in [6.45, 7) is 11.2. The molecular formula is C60H45NO4. The van der Waals surface area contributed by atoms with Crippen LogP contribution in [0.1, 0.15) is 51.3 Å². The molecule has 5 nitrogen and oxygen atoms in total. The Hall–Kier alpha value is -7.76. The van der Waals surface area contributed by atoms with Crippen LogP contribution in [0, 0.1) is 0 Å². The first-order valence-corrected chi connectivity index (χ1v) is 22.3. The molecule has 11 aromatic rings. The predicted molar refractivity (Wildman–Crippen MR) is 268 cm³/mol. The Balaban J connectivity index is 0.862. The fourth-order valence-corrected chi connectivity index (χ4v) is 10.5. The van der Waals surface area contributed by atoms with E-state index in [1.807, 2.05) is 73.8 Å². The van der Waals surface area contributed by atoms with Crippen LogP contribution in [0.3, 0.4) is 0 Å². The van der Waals surface area contributed by atoms with Crippen LogP contribution < -0.4 is 11.3 Å². The predicted octanol–water partition coefficient (Wildman–Crippen LogP) is 15.0. The number of rotatable bonds is 4. The lowest BCUT2D eigenvalue weighted by Gasteiger charge is -2.23. The number of fused-ring (bicyclic) bond motifs is 12. The zero-order chi connectivity index (χ0) is 44.5. The highest BCUT2D eigenvalue weighted by Crippen LogP contribution is 2.51. The third-order valence-corrected chi connectivity index (χ3v) is 14.1. The summed E-state index contributed by atoms with van der Waals surface area (Å²) in [7, 11) is 2.02. The molecule has 3 aromatic heterocycles. The fourth-order valence-electron chi connectivity index (χ4n) is 10.5. The number of aromatic nitrogens is 1. The van der Waals surface area contributed by atoms with E-state index >= 15 is 0 Å². The van der Waals surface area contributed by atoms with Crippen LogP contribution in [-0.4, -0.2) is 4.57 Å². The fraction of sp³-hybridized carbons (Fsp3) is 0.133. The van der Waals surface area contributed by atoms with Crippen LogP contribution in [-0.2, 0) is 17.9 Å². The van der Waals surface area contributed by atoms with Crippen LogP contribution in [0.5, 0.6) is 0 Å². The van der Waals surface area contributed by atoms with Gasteiger partial charge in [0, 0.05) is 34.3 Å². The van der Waals surface area contributed by atoms with Gasteiger partial charge in [-0.05, 0) is 125 Å². The van der Waals surface area contributed by atoms with Crippen LogP contribution in [0.15, 0.2) is 182 Å². The normalized spacial score (nSPS) is 13.3. The molecule has 0 bridgehead atoms. The Morgan fingerprint density at radius 2 is 1.02 bits per heavy atom. The van der Waals surface area contributed by atoms with E-state index < -0.39 is 0 Å². The zero-order valence-corrected chi connectivity index (χ0v) is 37.2. The molecule has 0 atom stereocenters. The summed E-state index contributed by atoms with van der Waals surface area (Å²) in [5.41, 5.74) is 13.5. The first-order valence-electron chi connectivity index (χ1n) is 22.3. The molecule has 3 heterocycles. The maximum atomic E-state index is 13.8. The number of nitrogens with zero attached hydrogens (tertiary/aromatic N) is 1. The molecule has 0 fully saturated rings. The van der Waals surface area contributed by atoms with Gasteiger partial charge in [-0.25, -0.2) is 9.59 Å². The molecule has 0 saturated carbocycles. The van der Waals surface area contributed by atoms with Gasteiger partial charge < -0.3 is 13.4 Å². The van der Waals surface area contributed by atoms with Crippen molar-refractivity contribution in [1.29, 1.82) is 0 Å². The van der Waals surface area contributed by atoms with Gasteiger partial charge in [0.25, 0.3) is 0 Å². The zero-order valence-electron chi connectivity index (χ0n) is 37.2. The molecule has 314 valence electrons. The van der Waals surface area contributed by atoms with Gasteiger partial charge in [0.1, 0.15) is 11.2 Å². The standard InChI is InChI=1S/C60H45NO4/c1-59(2,3)39-22-25-40-37(29-39)21-28-55-48(40)32-47(57(62)64-55)35-17-15-34(16-18-35)36-19-23-44-45-24-20-38(31-52(45)60(4,5)51(44)30-36)53-26-27-54(61(53)6)50-33-49-43-13-8-7-11-41(43)42-12-9-10-14-46(42)56(49)65-58(50)63/h7-33H,1-6H3. The molecule has 0 unspecified atom stereocenters. The highest BCUT2D eigenvalue weighted by Gasteiger charge is 2.36. The van der Waals surface area contributed by atoms with Crippen molar-refractivity contribution in [3.8, 4) is 55.9 Å². The lowest BCUT2D eigenvalue weighted by molar-refractivity contribution is 0.564. The van der Waals surface area contributed by atoms with Crippen molar-refractivity contribution in [1.82, 2.24) is 4.57 Å². The number of hydrogen-bond donors (Lipinski definition) is 0. The molecule has 0 radical (unpaired) electrons. The molecule has 1 aliphatic carbocycles. The van der Waals surface area contributed by atoms with Crippen molar-refractivity contribution in [2.75, 3.05) is 0 Å². The second kappa shape index (κ2) is 13.9. The quantitative estimate of drug-likeness (QED) is 0.131. The van der Waals surface area contributed by atoms with E-state index in [4.69, 9.17) is 8.83 Å². The van der Waals surface area contributed by atoms with Gasteiger partial charge in [-0.2, -0.15) is 0 Å². The minimum Gasteiger partial charge on any atom is -0.422 e. The SMILES string of the molecule is Cn1c(-c2ccc3c(c2)C(C)(C)c2cc(-c4ccc(-c5cc6c(ccc7cc(C(C)(C)C)ccc76)oc5=O)cc4)ccc2-3)ccc1-c1cc2c3ccccc3c3ccccc3c2oc1=O. The Kier molecular flexibility index (Phi) is 8.30. The van der Waals surface area contributed by atoms with Crippen molar-refractivity contribution >= 4 is 54.3 Å². The molecule has 0 spiro atoms. The third-order valence-electron chi connectivity index (χ3n) is 14.1. The van der Waals surface area contributed by atoms with E-state index in [2.05, 4.69) is 136 Å². The largest absolute Gasteiger partial charge is 0.422 e. The molecule has 8 aromatic carbocycles. The minimum atomic E-state index is -0.357. The first-order chi connectivity index (χ1) is 31.3. The third kappa shape index (κ3) is 5.92. The average Bonchev–Trinajstić information content (AvgIpc) is 3.80. The highest BCUT2D eigenvalue weighted by molar-refractivity contribution is 6.24. The maximum absolute atomic E-state index is 13.8. The maximum Gasteiger partial charge on any atom is 0.345 e. The molecule has 65 heavy (non-hydrogen) atoms. The topological polar surface area (TPSA) is 65.3 Å². The summed E-state index contributed by atoms with van der Waals surface area (Å²) in [4.78, 5) is 27.2. The summed E-state index contributed by atoms with van der Waals surface area (Å²) >= 11 is 0. The van der Waals surface area contributed by atoms with Crippen LogP contribution in [0.25, 0.3) is 110 Å². The van der Waals surface area contributed by atoms with E-state index in [1.165, 1.54) is 27.8 Å². The van der Waals surface area contributed by atoms with E-state index in [0.717, 1.165) is 76.7 Å². The number of benzene rings is 8. The van der Waals surface area contributed by atoms with Gasteiger partial charge in [0.05, 0.1) is 16.8 Å². The van der Waals surface area contributed by atoms with Gasteiger partial charge in [-0.1, -0.05) is 156 Å². The summed E-state index contributed by atoms with van der Waals surface area (Å²) < 4.78 is 14.2. The summed E-state index contributed by atoms with van der Waals surface area (Å²) in [6.07, 6.45) is 0. The second-order valence-electron chi connectivity index (χ2n) is 19.3. The molecule has 1 aliphatic rings. The molecule has 0 aliphatic heterocycles. The second-order valence-corrected chi connectivity index (χ2v) is 19.3. The molecule has 0 amide bonds. The van der Waals surface area contributed by atoms with Crippen molar-refractivity contribution in [3.05, 3.63) is 201 Å². The Morgan fingerprint density at radius 3 is 1.72 bits per heavy atom. The Bertz CT molecular complexity index is 3950.